The molecule has 1 aromatic rings. The van der Waals surface area contributed by atoms with Crippen molar-refractivity contribution >= 4 is 5.97 Å². The van der Waals surface area contributed by atoms with Crippen LogP contribution in [0.5, 0.6) is 0 Å². The molecule has 28 heavy (non-hydrogen) atoms. The molecule has 0 aliphatic rings. The third kappa shape index (κ3) is 4.62. The van der Waals surface area contributed by atoms with Crippen LogP contribution in [0.1, 0.15) is 5.56 Å². The van der Waals surface area contributed by atoms with Gasteiger partial charge in [-0.3, -0.25) is 4.74 Å². The number of esters is 1. The molecule has 15 heteroatoms. The summed E-state index contributed by atoms with van der Waals surface area (Å²) in [4.78, 5) is 11.2. The number of rotatable bonds is 6. The maximum Gasteiger partial charge on any atom is 0.462 e. The minimum atomic E-state index is -7.29. The fraction of sp³-hybridized carbons (Fsp3) is 0.462. The van der Waals surface area contributed by atoms with E-state index in [0.717, 1.165) is 12.1 Å². The smallest absolute Gasteiger partial charge is 0.456 e. The third-order valence-electron chi connectivity index (χ3n) is 2.90. The van der Waals surface area contributed by atoms with Crippen molar-refractivity contribution in [3.8, 4) is 0 Å². The first-order valence-corrected chi connectivity index (χ1v) is 6.55. The number of hydrogen-bond acceptors (Lipinski definition) is 3. The number of ether oxygens (including phenoxy) is 2. The molecule has 1 atom stereocenters. The van der Waals surface area contributed by atoms with Gasteiger partial charge in [-0.25, -0.2) is 9.18 Å². The molecule has 0 aliphatic heterocycles. The number of halogens is 12. The molecule has 0 N–H and O–H groups in total. The monoisotopic (exact) mass is 438 g/mol. The summed E-state index contributed by atoms with van der Waals surface area (Å²) in [6, 6.07) is 2.99. The molecule has 0 radical (unpaired) electrons. The SMILES string of the molecule is O=C(OCc1ccc(F)cc1)[C@@](F)(OC(F)(F)C(F)(F)C(F)(F)F)C(F)(F)F. The average molecular weight is 438 g/mol. The van der Waals surface area contributed by atoms with Gasteiger partial charge in [0, 0.05) is 0 Å². The van der Waals surface area contributed by atoms with E-state index in [1.807, 2.05) is 4.74 Å². The predicted molar refractivity (Wildman–Crippen MR) is 63.1 cm³/mol. The summed E-state index contributed by atoms with van der Waals surface area (Å²) >= 11 is 0. The second-order valence-electron chi connectivity index (χ2n) is 4.99. The van der Waals surface area contributed by atoms with Crippen LogP contribution in [0.25, 0.3) is 0 Å². The van der Waals surface area contributed by atoms with Crippen LogP contribution in [-0.4, -0.2) is 36.2 Å². The topological polar surface area (TPSA) is 35.5 Å². The number of carbonyl (C=O) groups excluding carboxylic acids is 1. The second-order valence-corrected chi connectivity index (χ2v) is 4.99. The summed E-state index contributed by atoms with van der Waals surface area (Å²) in [6.45, 7) is -1.31. The van der Waals surface area contributed by atoms with Crippen LogP contribution < -0.4 is 0 Å². The lowest BCUT2D eigenvalue weighted by Gasteiger charge is -2.33. The summed E-state index contributed by atoms with van der Waals surface area (Å²) in [6.07, 6.45) is -21.1. The Balaban J connectivity index is 3.14. The summed E-state index contributed by atoms with van der Waals surface area (Å²) in [5.74, 6) is -17.9. The highest BCUT2D eigenvalue weighted by Gasteiger charge is 2.80. The average Bonchev–Trinajstić information content (AvgIpc) is 2.51. The van der Waals surface area contributed by atoms with Crippen molar-refractivity contribution in [2.75, 3.05) is 0 Å². The molecule has 0 fully saturated rings. The zero-order valence-corrected chi connectivity index (χ0v) is 12.8. The molecule has 0 saturated carbocycles. The molecule has 0 bridgehead atoms. The lowest BCUT2D eigenvalue weighted by atomic mass is 10.2. The molecular formula is C13H6F12O3. The summed E-state index contributed by atoms with van der Waals surface area (Å²) < 4.78 is 157. The van der Waals surface area contributed by atoms with Gasteiger partial charge in [-0.1, -0.05) is 12.1 Å². The van der Waals surface area contributed by atoms with Gasteiger partial charge in [0.15, 0.2) is 0 Å². The Hall–Kier alpha value is -2.19. The van der Waals surface area contributed by atoms with Gasteiger partial charge in [0.2, 0.25) is 0 Å². The predicted octanol–water partition coefficient (Wildman–Crippen LogP) is 4.90. The van der Waals surface area contributed by atoms with Crippen molar-refractivity contribution < 1.29 is 67.0 Å². The largest absolute Gasteiger partial charge is 0.462 e. The molecule has 0 unspecified atom stereocenters. The van der Waals surface area contributed by atoms with Crippen LogP contribution in [-0.2, 0) is 20.9 Å². The molecule has 1 aromatic carbocycles. The highest BCUT2D eigenvalue weighted by atomic mass is 19.4. The van der Waals surface area contributed by atoms with E-state index in [0.29, 0.717) is 12.1 Å². The molecule has 0 saturated heterocycles. The maximum atomic E-state index is 13.8. The number of hydrogen-bond donors (Lipinski definition) is 0. The highest BCUT2D eigenvalue weighted by molar-refractivity contribution is 5.78. The van der Waals surface area contributed by atoms with Crippen molar-refractivity contribution in [3.05, 3.63) is 35.6 Å². The Morgan fingerprint density at radius 2 is 1.25 bits per heavy atom. The van der Waals surface area contributed by atoms with Gasteiger partial charge < -0.3 is 4.74 Å². The van der Waals surface area contributed by atoms with Gasteiger partial charge >= 0.3 is 36.2 Å². The number of benzene rings is 1. The lowest BCUT2D eigenvalue weighted by Crippen LogP contribution is -2.61. The first-order chi connectivity index (χ1) is 12.3. The van der Waals surface area contributed by atoms with Crippen LogP contribution in [0.4, 0.5) is 52.7 Å². The van der Waals surface area contributed by atoms with Crippen molar-refractivity contribution in [2.45, 2.75) is 36.8 Å². The van der Waals surface area contributed by atoms with Crippen molar-refractivity contribution in [2.24, 2.45) is 0 Å². The third-order valence-corrected chi connectivity index (χ3v) is 2.90. The van der Waals surface area contributed by atoms with E-state index in [-0.39, 0.29) is 5.56 Å². The van der Waals surface area contributed by atoms with Crippen molar-refractivity contribution in [1.29, 1.82) is 0 Å². The van der Waals surface area contributed by atoms with E-state index in [4.69, 9.17) is 0 Å². The molecule has 0 aliphatic carbocycles. The molecular weight excluding hydrogens is 432 g/mol. The van der Waals surface area contributed by atoms with Gasteiger partial charge in [-0.2, -0.15) is 48.3 Å². The standard InChI is InChI=1S/C13H6F12O3/c14-7-3-1-6(2-4-7)5-27-8(26)9(15,11(18,19)20)28-13(24,25)10(16,17)12(21,22)23/h1-4H,5H2/t9-/m1/s1. The van der Waals surface area contributed by atoms with Crippen LogP contribution in [0.3, 0.4) is 0 Å². The normalized spacial score (nSPS) is 15.9. The molecule has 0 heterocycles. The number of alkyl halides is 11. The van der Waals surface area contributed by atoms with E-state index in [1.165, 1.54) is 0 Å². The van der Waals surface area contributed by atoms with E-state index >= 15 is 0 Å². The van der Waals surface area contributed by atoms with E-state index < -0.39 is 48.6 Å². The molecule has 0 aromatic heterocycles. The fourth-order valence-electron chi connectivity index (χ4n) is 1.44. The van der Waals surface area contributed by atoms with Gasteiger partial charge in [-0.15, -0.1) is 0 Å². The summed E-state index contributed by atoms with van der Waals surface area (Å²) in [5.41, 5.74) is -0.313. The van der Waals surface area contributed by atoms with Gasteiger partial charge in [0.05, 0.1) is 0 Å². The summed E-state index contributed by atoms with van der Waals surface area (Å²) in [7, 11) is 0. The maximum absolute atomic E-state index is 13.8. The van der Waals surface area contributed by atoms with Crippen molar-refractivity contribution in [1.82, 2.24) is 0 Å². The first-order valence-electron chi connectivity index (χ1n) is 6.55. The van der Waals surface area contributed by atoms with E-state index in [9.17, 15) is 57.5 Å². The summed E-state index contributed by atoms with van der Waals surface area (Å²) in [5, 5.41) is 0. The van der Waals surface area contributed by atoms with Gasteiger partial charge in [0.1, 0.15) is 12.4 Å². The molecule has 0 spiro atoms. The molecule has 0 amide bonds. The van der Waals surface area contributed by atoms with Crippen LogP contribution in [0.2, 0.25) is 0 Å². The molecule has 3 nitrogen and oxygen atoms in total. The van der Waals surface area contributed by atoms with E-state index in [1.54, 1.807) is 0 Å². The zero-order valence-electron chi connectivity index (χ0n) is 12.8. The fourth-order valence-corrected chi connectivity index (χ4v) is 1.44. The Kier molecular flexibility index (Phi) is 6.24. The highest BCUT2D eigenvalue weighted by Crippen LogP contribution is 2.51. The Morgan fingerprint density at radius 3 is 1.64 bits per heavy atom. The Morgan fingerprint density at radius 1 is 0.786 bits per heavy atom. The molecule has 160 valence electrons. The minimum absolute atomic E-state index is 0.313. The second kappa shape index (κ2) is 7.33. The van der Waals surface area contributed by atoms with Crippen LogP contribution >= 0.6 is 0 Å². The van der Waals surface area contributed by atoms with Gasteiger partial charge in [-0.05, 0) is 17.7 Å². The molecule has 1 rings (SSSR count). The Bertz CT molecular complexity index is 694. The first kappa shape index (κ1) is 23.8. The minimum Gasteiger partial charge on any atom is -0.456 e. The van der Waals surface area contributed by atoms with Crippen LogP contribution in [0, 0.1) is 5.82 Å². The van der Waals surface area contributed by atoms with E-state index in [2.05, 4.69) is 4.74 Å². The van der Waals surface area contributed by atoms with Gasteiger partial charge in [0.25, 0.3) is 0 Å². The van der Waals surface area contributed by atoms with Crippen LogP contribution in [0.15, 0.2) is 24.3 Å². The quantitative estimate of drug-likeness (QED) is 0.468. The lowest BCUT2D eigenvalue weighted by molar-refractivity contribution is -0.475. The zero-order chi connectivity index (χ0) is 22.2. The Labute approximate surface area is 146 Å². The van der Waals surface area contributed by atoms with Crippen molar-refractivity contribution in [3.63, 3.8) is 0 Å². The number of carbonyl (C=O) groups is 1.